The number of rotatable bonds is 1. The molecule has 2 saturated carbocycles. The quantitative estimate of drug-likeness (QED) is 0.486. The van der Waals surface area contributed by atoms with Crippen LogP contribution in [-0.4, -0.2) is 57.0 Å². The number of benzene rings is 1. The van der Waals surface area contributed by atoms with Crippen LogP contribution >= 0.6 is 0 Å². The van der Waals surface area contributed by atoms with Gasteiger partial charge in [-0.2, -0.15) is 0 Å². The van der Waals surface area contributed by atoms with Crippen LogP contribution in [0, 0.1) is 28.1 Å². The molecule has 0 spiro atoms. The zero-order chi connectivity index (χ0) is 24.1. The summed E-state index contributed by atoms with van der Waals surface area (Å²) in [6, 6.07) is 10.1. The summed E-state index contributed by atoms with van der Waals surface area (Å²) in [4.78, 5) is 0. The minimum absolute atomic E-state index is 0.0604. The maximum Gasteiger partial charge on any atom is 0.102 e. The third-order valence-corrected chi connectivity index (χ3v) is 10.6. The van der Waals surface area contributed by atoms with Gasteiger partial charge >= 0.3 is 0 Å². The molecule has 0 radical (unpaired) electrons. The molecular weight excluding hydrogens is 416 g/mol. The van der Waals surface area contributed by atoms with Crippen molar-refractivity contribution in [3.63, 3.8) is 0 Å². The number of hydrogen-bond donors (Lipinski definition) is 4. The molecule has 3 aliphatic carbocycles. The van der Waals surface area contributed by atoms with Gasteiger partial charge in [0, 0.05) is 28.6 Å². The van der Waals surface area contributed by atoms with E-state index in [2.05, 4.69) is 26.0 Å². The topological polar surface area (TPSA) is 90.2 Å². The van der Waals surface area contributed by atoms with Gasteiger partial charge < -0.3 is 25.2 Å². The van der Waals surface area contributed by atoms with Gasteiger partial charge in [0.2, 0.25) is 0 Å². The maximum atomic E-state index is 12.9. The van der Waals surface area contributed by atoms with E-state index in [-0.39, 0.29) is 29.3 Å². The molecule has 4 aliphatic rings. The molecular formula is C28H40O5. The zero-order valence-electron chi connectivity index (χ0n) is 20.7. The highest BCUT2D eigenvalue weighted by atomic mass is 16.5. The molecule has 182 valence electrons. The second kappa shape index (κ2) is 7.14. The second-order valence-electron chi connectivity index (χ2n) is 12.4. The summed E-state index contributed by atoms with van der Waals surface area (Å²) < 4.78 is 5.95. The molecule has 1 saturated heterocycles. The van der Waals surface area contributed by atoms with Crippen molar-refractivity contribution in [2.45, 2.75) is 90.3 Å². The number of fused-ring (bicyclic) bond motifs is 5. The van der Waals surface area contributed by atoms with Crippen LogP contribution in [0.3, 0.4) is 0 Å². The Morgan fingerprint density at radius 3 is 2.21 bits per heavy atom. The Bertz CT molecular complexity index is 972. The summed E-state index contributed by atoms with van der Waals surface area (Å²) in [5, 5.41) is 48.0. The monoisotopic (exact) mass is 456 g/mol. The first kappa shape index (κ1) is 23.5. The van der Waals surface area contributed by atoms with Crippen molar-refractivity contribution >= 4 is 0 Å². The standard InChI is InChI=1S/C28H40O5/c1-15-13-28(32)21(17-10-8-7-9-11-17)23-26(5)14-33-19(26)12-18(29)27(23,6)24(31)22(30)20(16(15)2)25(28,3)4/h7-11,15,18-19,21-24,29-32H,12-14H2,1-6H3/t15-,18-,19+,21-,22+,23?,24-,26+,27+,28+/m0/s1. The van der Waals surface area contributed by atoms with Crippen LogP contribution in [0.2, 0.25) is 0 Å². The molecule has 1 aromatic rings. The minimum atomic E-state index is -1.18. The van der Waals surface area contributed by atoms with Gasteiger partial charge in [0.25, 0.3) is 0 Å². The summed E-state index contributed by atoms with van der Waals surface area (Å²) in [7, 11) is 0. The van der Waals surface area contributed by atoms with E-state index in [0.717, 1.165) is 16.7 Å². The predicted molar refractivity (Wildman–Crippen MR) is 126 cm³/mol. The average molecular weight is 457 g/mol. The fourth-order valence-corrected chi connectivity index (χ4v) is 8.47. The molecule has 1 aliphatic heterocycles. The molecule has 3 fully saturated rings. The van der Waals surface area contributed by atoms with Crippen molar-refractivity contribution < 1.29 is 25.2 Å². The number of allylic oxidation sites excluding steroid dienone is 1. The van der Waals surface area contributed by atoms with Crippen molar-refractivity contribution in [2.75, 3.05) is 6.61 Å². The normalized spacial score (nSPS) is 51.0. The van der Waals surface area contributed by atoms with Gasteiger partial charge in [-0.05, 0) is 36.3 Å². The number of ether oxygens (including phenoxy) is 1. The number of aliphatic hydroxyl groups is 4. The Kier molecular flexibility index (Phi) is 5.09. The van der Waals surface area contributed by atoms with E-state index in [1.165, 1.54) is 0 Å². The Morgan fingerprint density at radius 2 is 1.64 bits per heavy atom. The van der Waals surface area contributed by atoms with Crippen LogP contribution < -0.4 is 0 Å². The Balaban J connectivity index is 1.87. The van der Waals surface area contributed by atoms with E-state index in [0.29, 0.717) is 19.4 Å². The summed E-state index contributed by atoms with van der Waals surface area (Å²) in [5.74, 6) is -0.584. The van der Waals surface area contributed by atoms with Gasteiger partial charge in [-0.3, -0.25) is 0 Å². The first-order valence-electron chi connectivity index (χ1n) is 12.5. The van der Waals surface area contributed by atoms with Crippen molar-refractivity contribution in [1.29, 1.82) is 0 Å². The van der Waals surface area contributed by atoms with Gasteiger partial charge in [0.15, 0.2) is 0 Å². The number of hydrogen-bond acceptors (Lipinski definition) is 5. The summed E-state index contributed by atoms with van der Waals surface area (Å²) in [5.41, 5.74) is -0.544. The van der Waals surface area contributed by atoms with Crippen LogP contribution in [0.25, 0.3) is 0 Å². The van der Waals surface area contributed by atoms with Crippen LogP contribution in [0.15, 0.2) is 41.5 Å². The van der Waals surface area contributed by atoms with Crippen LogP contribution in [0.5, 0.6) is 0 Å². The van der Waals surface area contributed by atoms with Gasteiger partial charge in [-0.25, -0.2) is 0 Å². The Morgan fingerprint density at radius 1 is 1.00 bits per heavy atom. The fourth-order valence-electron chi connectivity index (χ4n) is 8.47. The van der Waals surface area contributed by atoms with Gasteiger partial charge in [-0.1, -0.05) is 70.5 Å². The van der Waals surface area contributed by atoms with Gasteiger partial charge in [0.05, 0.1) is 30.5 Å². The van der Waals surface area contributed by atoms with Crippen LogP contribution in [-0.2, 0) is 4.74 Å². The zero-order valence-corrected chi connectivity index (χ0v) is 20.7. The predicted octanol–water partition coefficient (Wildman–Crippen LogP) is 3.41. The lowest BCUT2D eigenvalue weighted by Crippen LogP contribution is -2.75. The van der Waals surface area contributed by atoms with Gasteiger partial charge in [-0.15, -0.1) is 0 Å². The lowest BCUT2D eigenvalue weighted by Gasteiger charge is -2.70. The van der Waals surface area contributed by atoms with E-state index in [1.807, 2.05) is 45.9 Å². The van der Waals surface area contributed by atoms with E-state index in [4.69, 9.17) is 4.74 Å². The second-order valence-corrected chi connectivity index (χ2v) is 12.4. The highest BCUT2D eigenvalue weighted by molar-refractivity contribution is 5.42. The third kappa shape index (κ3) is 2.72. The molecule has 1 unspecified atom stereocenters. The number of aliphatic hydroxyl groups excluding tert-OH is 3. The minimum Gasteiger partial charge on any atom is -0.392 e. The highest BCUT2D eigenvalue weighted by Gasteiger charge is 2.73. The molecule has 0 aromatic heterocycles. The van der Waals surface area contributed by atoms with Crippen LogP contribution in [0.4, 0.5) is 0 Å². The largest absolute Gasteiger partial charge is 0.392 e. The van der Waals surface area contributed by atoms with Gasteiger partial charge in [0.1, 0.15) is 6.10 Å². The molecule has 0 amide bonds. The summed E-state index contributed by atoms with van der Waals surface area (Å²) in [6.45, 7) is 12.8. The first-order valence-corrected chi connectivity index (χ1v) is 12.5. The molecule has 5 heteroatoms. The average Bonchev–Trinajstić information content (AvgIpc) is 2.76. The Hall–Kier alpha value is -1.24. The smallest absolute Gasteiger partial charge is 0.102 e. The molecule has 5 nitrogen and oxygen atoms in total. The summed E-state index contributed by atoms with van der Waals surface area (Å²) >= 11 is 0. The molecule has 10 atom stereocenters. The third-order valence-electron chi connectivity index (χ3n) is 10.6. The molecule has 1 heterocycles. The lowest BCUT2D eigenvalue weighted by atomic mass is 9.39. The maximum absolute atomic E-state index is 12.9. The van der Waals surface area contributed by atoms with Crippen molar-refractivity contribution in [2.24, 2.45) is 28.1 Å². The van der Waals surface area contributed by atoms with E-state index >= 15 is 0 Å². The molecule has 5 rings (SSSR count). The molecule has 1 aromatic carbocycles. The van der Waals surface area contributed by atoms with Crippen molar-refractivity contribution in [1.82, 2.24) is 0 Å². The highest BCUT2D eigenvalue weighted by Crippen LogP contribution is 2.70. The van der Waals surface area contributed by atoms with E-state index < -0.39 is 34.7 Å². The van der Waals surface area contributed by atoms with Crippen molar-refractivity contribution in [3.8, 4) is 0 Å². The lowest BCUT2D eigenvalue weighted by molar-refractivity contribution is -0.319. The van der Waals surface area contributed by atoms with Crippen molar-refractivity contribution in [3.05, 3.63) is 47.0 Å². The van der Waals surface area contributed by atoms with E-state index in [9.17, 15) is 20.4 Å². The molecule has 4 N–H and O–H groups in total. The van der Waals surface area contributed by atoms with E-state index in [1.54, 1.807) is 0 Å². The Labute approximate surface area is 197 Å². The summed E-state index contributed by atoms with van der Waals surface area (Å²) in [6.07, 6.45) is -2.34. The first-order chi connectivity index (χ1) is 15.3. The van der Waals surface area contributed by atoms with Crippen LogP contribution in [0.1, 0.15) is 65.9 Å². The molecule has 2 bridgehead atoms. The SMILES string of the molecule is CC1=C2[C@@H](O)[C@H](O)[C@@]3(C)C([C@H](c4ccccc4)[C@](O)(C[C@@H]1C)C2(C)C)[C@]1(C)CO[C@@H]1C[C@@H]3O. The fraction of sp³-hybridized carbons (Fsp3) is 0.714. The molecule has 33 heavy (non-hydrogen) atoms.